The first kappa shape index (κ1) is 7.85. The van der Waals surface area contributed by atoms with Gasteiger partial charge in [0.1, 0.15) is 5.76 Å². The van der Waals surface area contributed by atoms with Gasteiger partial charge in [-0.25, -0.2) is 9.69 Å². The molecule has 0 radical (unpaired) electrons. The van der Waals surface area contributed by atoms with Crippen LogP contribution in [0, 0.1) is 0 Å². The first-order valence-electron chi connectivity index (χ1n) is 3.77. The minimum Gasteiger partial charge on any atom is -0.467 e. The molecular weight excluding hydrogens is 174 g/mol. The first-order chi connectivity index (χ1) is 6.27. The van der Waals surface area contributed by atoms with Gasteiger partial charge >= 0.3 is 6.09 Å². The van der Waals surface area contributed by atoms with E-state index in [-0.39, 0.29) is 19.1 Å². The van der Waals surface area contributed by atoms with Crippen LogP contribution in [0.15, 0.2) is 22.8 Å². The van der Waals surface area contributed by atoms with Crippen molar-refractivity contribution in [2.75, 3.05) is 6.61 Å². The Morgan fingerprint density at radius 2 is 2.31 bits per heavy atom. The second-order valence-corrected chi connectivity index (χ2v) is 2.61. The fourth-order valence-corrected chi connectivity index (χ4v) is 1.09. The average molecular weight is 181 g/mol. The molecule has 5 nitrogen and oxygen atoms in total. The van der Waals surface area contributed by atoms with E-state index in [1.54, 1.807) is 12.1 Å². The van der Waals surface area contributed by atoms with Crippen molar-refractivity contribution in [3.63, 3.8) is 0 Å². The van der Waals surface area contributed by atoms with E-state index in [0.29, 0.717) is 5.76 Å². The average Bonchev–Trinajstić information content (AvgIpc) is 2.70. The number of hydrogen-bond donors (Lipinski definition) is 0. The number of amides is 2. The molecule has 0 spiro atoms. The highest BCUT2D eigenvalue weighted by Crippen LogP contribution is 2.11. The second kappa shape index (κ2) is 2.93. The lowest BCUT2D eigenvalue weighted by molar-refractivity contribution is -0.126. The van der Waals surface area contributed by atoms with Gasteiger partial charge in [-0.05, 0) is 12.1 Å². The molecule has 2 heterocycles. The number of carbonyl (C=O) groups is 2. The lowest BCUT2D eigenvalue weighted by atomic mass is 10.4. The van der Waals surface area contributed by atoms with Crippen LogP contribution in [0.3, 0.4) is 0 Å². The van der Waals surface area contributed by atoms with Crippen molar-refractivity contribution in [1.29, 1.82) is 0 Å². The van der Waals surface area contributed by atoms with Gasteiger partial charge < -0.3 is 9.15 Å². The van der Waals surface area contributed by atoms with Gasteiger partial charge in [-0.15, -0.1) is 0 Å². The molecule has 1 saturated heterocycles. The van der Waals surface area contributed by atoms with E-state index >= 15 is 0 Å². The largest absolute Gasteiger partial charge is 0.467 e. The van der Waals surface area contributed by atoms with Gasteiger partial charge in [-0.2, -0.15) is 0 Å². The number of ether oxygens (including phenoxy) is 1. The van der Waals surface area contributed by atoms with Crippen LogP contribution in [0.25, 0.3) is 0 Å². The van der Waals surface area contributed by atoms with Crippen molar-refractivity contribution in [2.45, 2.75) is 6.54 Å². The van der Waals surface area contributed by atoms with Crippen molar-refractivity contribution in [2.24, 2.45) is 0 Å². The summed E-state index contributed by atoms with van der Waals surface area (Å²) in [7, 11) is 0. The molecule has 1 aromatic rings. The summed E-state index contributed by atoms with van der Waals surface area (Å²) in [4.78, 5) is 23.0. The fourth-order valence-electron chi connectivity index (χ4n) is 1.09. The number of carbonyl (C=O) groups excluding carboxylic acids is 2. The Morgan fingerprint density at radius 3 is 2.85 bits per heavy atom. The molecule has 0 saturated carbocycles. The summed E-state index contributed by atoms with van der Waals surface area (Å²) in [6.07, 6.45) is 0.878. The maximum atomic E-state index is 11.0. The standard InChI is InChI=1S/C8H7NO4/c10-7-5-13-8(11)9(7)4-6-2-1-3-12-6/h1-3H,4-5H2. The molecule has 0 unspecified atom stereocenters. The summed E-state index contributed by atoms with van der Waals surface area (Å²) in [5.41, 5.74) is 0. The van der Waals surface area contributed by atoms with Gasteiger partial charge in [0.25, 0.3) is 5.91 Å². The van der Waals surface area contributed by atoms with Gasteiger partial charge in [0.05, 0.1) is 12.8 Å². The van der Waals surface area contributed by atoms with Crippen LogP contribution in [0.5, 0.6) is 0 Å². The van der Waals surface area contributed by atoms with Crippen molar-refractivity contribution in [1.82, 2.24) is 4.90 Å². The molecule has 0 atom stereocenters. The van der Waals surface area contributed by atoms with Crippen molar-refractivity contribution >= 4 is 12.0 Å². The second-order valence-electron chi connectivity index (χ2n) is 2.61. The van der Waals surface area contributed by atoms with E-state index in [9.17, 15) is 9.59 Å². The molecule has 0 aromatic carbocycles. The zero-order valence-electron chi connectivity index (χ0n) is 6.73. The predicted octanol–water partition coefficient (Wildman–Crippen LogP) is 0.758. The van der Waals surface area contributed by atoms with E-state index in [4.69, 9.17) is 4.42 Å². The van der Waals surface area contributed by atoms with Gasteiger partial charge in [0.15, 0.2) is 6.61 Å². The normalized spacial score (nSPS) is 16.5. The predicted molar refractivity (Wildman–Crippen MR) is 40.6 cm³/mol. The summed E-state index contributed by atoms with van der Waals surface area (Å²) < 4.78 is 9.51. The Morgan fingerprint density at radius 1 is 1.46 bits per heavy atom. The molecule has 1 aromatic heterocycles. The Hall–Kier alpha value is -1.78. The molecule has 5 heteroatoms. The molecule has 13 heavy (non-hydrogen) atoms. The minimum absolute atomic E-state index is 0.144. The maximum Gasteiger partial charge on any atom is 0.417 e. The molecule has 2 rings (SSSR count). The van der Waals surface area contributed by atoms with Crippen LogP contribution in [-0.4, -0.2) is 23.5 Å². The number of hydrogen-bond acceptors (Lipinski definition) is 4. The lowest BCUT2D eigenvalue weighted by Gasteiger charge is -2.07. The van der Waals surface area contributed by atoms with Crippen LogP contribution in [0.2, 0.25) is 0 Å². The third-order valence-electron chi connectivity index (χ3n) is 1.73. The minimum atomic E-state index is -0.610. The summed E-state index contributed by atoms with van der Waals surface area (Å²) >= 11 is 0. The SMILES string of the molecule is O=C1COC(=O)N1Cc1ccco1. The number of furan rings is 1. The summed E-state index contributed by atoms with van der Waals surface area (Å²) in [5.74, 6) is 0.230. The molecule has 1 aliphatic rings. The van der Waals surface area contributed by atoms with E-state index in [2.05, 4.69) is 4.74 Å². The highest BCUT2D eigenvalue weighted by atomic mass is 16.6. The number of cyclic esters (lactones) is 1. The number of nitrogens with zero attached hydrogens (tertiary/aromatic N) is 1. The molecule has 2 amide bonds. The first-order valence-corrected chi connectivity index (χ1v) is 3.77. The topological polar surface area (TPSA) is 59.8 Å². The highest BCUT2D eigenvalue weighted by Gasteiger charge is 2.31. The lowest BCUT2D eigenvalue weighted by Crippen LogP contribution is -2.28. The van der Waals surface area contributed by atoms with Crippen molar-refractivity contribution < 1.29 is 18.7 Å². The Bertz CT molecular complexity index is 314. The van der Waals surface area contributed by atoms with E-state index in [1.165, 1.54) is 6.26 Å². The van der Waals surface area contributed by atoms with Crippen LogP contribution in [0.1, 0.15) is 5.76 Å². The summed E-state index contributed by atoms with van der Waals surface area (Å²) in [6.45, 7) is -0.0236. The van der Waals surface area contributed by atoms with Gasteiger partial charge in [0.2, 0.25) is 0 Å². The molecule has 68 valence electrons. The van der Waals surface area contributed by atoms with Crippen LogP contribution in [-0.2, 0) is 16.1 Å². The van der Waals surface area contributed by atoms with Gasteiger partial charge in [-0.1, -0.05) is 0 Å². The molecular formula is C8H7NO4. The molecule has 0 N–H and O–H groups in total. The number of imide groups is 1. The van der Waals surface area contributed by atoms with Crippen molar-refractivity contribution in [3.05, 3.63) is 24.2 Å². The summed E-state index contributed by atoms with van der Waals surface area (Å²) in [6, 6.07) is 3.39. The quantitative estimate of drug-likeness (QED) is 0.675. The zero-order chi connectivity index (χ0) is 9.26. The highest BCUT2D eigenvalue weighted by molar-refractivity contribution is 5.97. The molecule has 1 aliphatic heterocycles. The van der Waals surface area contributed by atoms with Crippen LogP contribution >= 0.6 is 0 Å². The fraction of sp³-hybridized carbons (Fsp3) is 0.250. The zero-order valence-corrected chi connectivity index (χ0v) is 6.73. The number of rotatable bonds is 2. The third kappa shape index (κ3) is 1.40. The Kier molecular flexibility index (Phi) is 1.77. The summed E-state index contributed by atoms with van der Waals surface area (Å²) in [5, 5.41) is 0. The van der Waals surface area contributed by atoms with Crippen LogP contribution in [0.4, 0.5) is 4.79 Å². The monoisotopic (exact) mass is 181 g/mol. The third-order valence-corrected chi connectivity index (χ3v) is 1.73. The smallest absolute Gasteiger partial charge is 0.417 e. The molecule has 0 aliphatic carbocycles. The van der Waals surface area contributed by atoms with E-state index in [1.807, 2.05) is 0 Å². The van der Waals surface area contributed by atoms with Gasteiger partial charge in [0, 0.05) is 0 Å². The van der Waals surface area contributed by atoms with Crippen molar-refractivity contribution in [3.8, 4) is 0 Å². The Balaban J connectivity index is 2.09. The van der Waals surface area contributed by atoms with E-state index in [0.717, 1.165) is 4.90 Å². The van der Waals surface area contributed by atoms with E-state index < -0.39 is 6.09 Å². The van der Waals surface area contributed by atoms with Crippen LogP contribution < -0.4 is 0 Å². The Labute approximate surface area is 73.9 Å². The molecule has 1 fully saturated rings. The maximum absolute atomic E-state index is 11.0. The van der Waals surface area contributed by atoms with Gasteiger partial charge in [-0.3, -0.25) is 4.79 Å². The molecule has 0 bridgehead atoms.